The molecule has 0 saturated carbocycles. The summed E-state index contributed by atoms with van der Waals surface area (Å²) in [4.78, 5) is 30.2. The number of carbonyl (C=O) groups excluding carboxylic acids is 1. The molecule has 3 aromatic carbocycles. The van der Waals surface area contributed by atoms with Gasteiger partial charge in [-0.15, -0.1) is 0 Å². The van der Waals surface area contributed by atoms with Crippen LogP contribution in [0.25, 0.3) is 16.6 Å². The standard InChI is InChI=1S/C24H19ClN4O2S/c1-16-9-11-19(12-10-16)29-23(31)20-7-2-3-8-21(20)27-24(29)32-15-22(30)28-26-14-17-5-4-6-18(25)13-17/h2-14H,15H2,1H3,(H,28,30). The topological polar surface area (TPSA) is 76.3 Å². The largest absolute Gasteiger partial charge is 0.272 e. The molecular weight excluding hydrogens is 444 g/mol. The number of benzene rings is 3. The number of hydrogen-bond donors (Lipinski definition) is 1. The van der Waals surface area contributed by atoms with Gasteiger partial charge in [0.05, 0.1) is 28.6 Å². The summed E-state index contributed by atoms with van der Waals surface area (Å²) in [7, 11) is 0. The normalized spacial score (nSPS) is 11.2. The van der Waals surface area contributed by atoms with Gasteiger partial charge < -0.3 is 0 Å². The Balaban J connectivity index is 1.56. The summed E-state index contributed by atoms with van der Waals surface area (Å²) in [5.74, 6) is -0.269. The lowest BCUT2D eigenvalue weighted by molar-refractivity contribution is -0.118. The molecular formula is C24H19ClN4O2S. The van der Waals surface area contributed by atoms with Crippen molar-refractivity contribution in [1.29, 1.82) is 0 Å². The Hall–Kier alpha value is -3.42. The molecule has 1 heterocycles. The summed E-state index contributed by atoms with van der Waals surface area (Å²) in [5.41, 5.74) is 5.45. The Morgan fingerprint density at radius 2 is 1.91 bits per heavy atom. The molecule has 0 aliphatic carbocycles. The summed E-state index contributed by atoms with van der Waals surface area (Å²) >= 11 is 7.12. The van der Waals surface area contributed by atoms with Crippen LogP contribution in [0.4, 0.5) is 0 Å². The number of halogens is 1. The molecule has 1 aromatic heterocycles. The number of para-hydroxylation sites is 1. The molecule has 1 N–H and O–H groups in total. The minimum atomic E-state index is -0.314. The molecule has 0 bridgehead atoms. The number of rotatable bonds is 6. The van der Waals surface area contributed by atoms with Gasteiger partial charge >= 0.3 is 0 Å². The molecule has 160 valence electrons. The SMILES string of the molecule is Cc1ccc(-n2c(SCC(=O)NN=Cc3cccc(Cl)c3)nc3ccccc3c2=O)cc1. The van der Waals surface area contributed by atoms with Crippen LogP contribution in [0.2, 0.25) is 5.02 Å². The van der Waals surface area contributed by atoms with E-state index < -0.39 is 0 Å². The van der Waals surface area contributed by atoms with Crippen LogP contribution in [0.5, 0.6) is 0 Å². The van der Waals surface area contributed by atoms with Gasteiger partial charge in [-0.25, -0.2) is 10.4 Å². The molecule has 4 aromatic rings. The minimum Gasteiger partial charge on any atom is -0.272 e. The highest BCUT2D eigenvalue weighted by Gasteiger charge is 2.14. The van der Waals surface area contributed by atoms with Crippen molar-refractivity contribution in [2.75, 3.05) is 5.75 Å². The summed E-state index contributed by atoms with van der Waals surface area (Å²) in [6, 6.07) is 21.9. The lowest BCUT2D eigenvalue weighted by atomic mass is 10.2. The van der Waals surface area contributed by atoms with Gasteiger partial charge in [0.25, 0.3) is 11.5 Å². The number of aryl methyl sites for hydroxylation is 1. The van der Waals surface area contributed by atoms with Crippen LogP contribution in [0.1, 0.15) is 11.1 Å². The fourth-order valence-electron chi connectivity index (χ4n) is 3.06. The van der Waals surface area contributed by atoms with E-state index in [0.29, 0.717) is 26.8 Å². The third-order valence-corrected chi connectivity index (χ3v) is 5.79. The van der Waals surface area contributed by atoms with Gasteiger partial charge in [0.2, 0.25) is 0 Å². The number of carbonyl (C=O) groups is 1. The Morgan fingerprint density at radius 3 is 2.69 bits per heavy atom. The molecule has 0 spiro atoms. The predicted molar refractivity (Wildman–Crippen MR) is 130 cm³/mol. The number of hydrogen-bond acceptors (Lipinski definition) is 5. The fourth-order valence-corrected chi connectivity index (χ4v) is 4.06. The van der Waals surface area contributed by atoms with E-state index in [-0.39, 0.29) is 17.2 Å². The molecule has 6 nitrogen and oxygen atoms in total. The summed E-state index contributed by atoms with van der Waals surface area (Å²) < 4.78 is 1.54. The number of nitrogens with zero attached hydrogens (tertiary/aromatic N) is 3. The second-order valence-corrected chi connectivity index (χ2v) is 8.40. The van der Waals surface area contributed by atoms with E-state index in [1.54, 1.807) is 30.3 Å². The van der Waals surface area contributed by atoms with E-state index in [0.717, 1.165) is 11.1 Å². The number of nitrogens with one attached hydrogen (secondary N) is 1. The smallest absolute Gasteiger partial charge is 0.266 e. The third-order valence-electron chi connectivity index (χ3n) is 4.62. The predicted octanol–water partition coefficient (Wildman–Crippen LogP) is 4.59. The van der Waals surface area contributed by atoms with E-state index in [4.69, 9.17) is 11.6 Å². The molecule has 8 heteroatoms. The van der Waals surface area contributed by atoms with Gasteiger partial charge in [-0.2, -0.15) is 5.10 Å². The Labute approximate surface area is 194 Å². The quantitative estimate of drug-likeness (QED) is 0.197. The van der Waals surface area contributed by atoms with Gasteiger partial charge in [0.15, 0.2) is 5.16 Å². The highest BCUT2D eigenvalue weighted by Crippen LogP contribution is 2.21. The van der Waals surface area contributed by atoms with Crippen molar-refractivity contribution in [3.8, 4) is 5.69 Å². The van der Waals surface area contributed by atoms with Crippen LogP contribution in [-0.2, 0) is 4.79 Å². The van der Waals surface area contributed by atoms with Crippen LogP contribution in [0, 0.1) is 6.92 Å². The van der Waals surface area contributed by atoms with Crippen LogP contribution < -0.4 is 11.0 Å². The molecule has 0 fully saturated rings. The lowest BCUT2D eigenvalue weighted by Crippen LogP contribution is -2.24. The van der Waals surface area contributed by atoms with Gasteiger partial charge in [-0.3, -0.25) is 14.2 Å². The average Bonchev–Trinajstić information content (AvgIpc) is 2.79. The lowest BCUT2D eigenvalue weighted by Gasteiger charge is -2.13. The molecule has 0 aliphatic rings. The highest BCUT2D eigenvalue weighted by molar-refractivity contribution is 7.99. The number of amides is 1. The maximum atomic E-state index is 13.2. The van der Waals surface area contributed by atoms with E-state index in [1.165, 1.54) is 22.5 Å². The third kappa shape index (κ3) is 5.07. The van der Waals surface area contributed by atoms with Crippen LogP contribution in [0.3, 0.4) is 0 Å². The Kier molecular flexibility index (Phi) is 6.68. The first-order valence-corrected chi connectivity index (χ1v) is 11.2. The van der Waals surface area contributed by atoms with Gasteiger partial charge in [0.1, 0.15) is 0 Å². The molecule has 0 aliphatic heterocycles. The minimum absolute atomic E-state index is 0.0452. The van der Waals surface area contributed by atoms with Gasteiger partial charge in [0, 0.05) is 5.02 Å². The van der Waals surface area contributed by atoms with Crippen molar-refractivity contribution in [3.63, 3.8) is 0 Å². The average molecular weight is 463 g/mol. The van der Waals surface area contributed by atoms with Crippen LogP contribution in [-0.4, -0.2) is 27.4 Å². The van der Waals surface area contributed by atoms with Gasteiger partial charge in [-0.1, -0.05) is 65.3 Å². The second-order valence-electron chi connectivity index (χ2n) is 7.02. The van der Waals surface area contributed by atoms with E-state index in [2.05, 4.69) is 15.5 Å². The van der Waals surface area contributed by atoms with Crippen molar-refractivity contribution >= 4 is 46.4 Å². The number of fused-ring (bicyclic) bond motifs is 1. The van der Waals surface area contributed by atoms with E-state index in [9.17, 15) is 9.59 Å². The molecule has 4 rings (SSSR count). The second kappa shape index (κ2) is 9.80. The van der Waals surface area contributed by atoms with Crippen molar-refractivity contribution in [3.05, 3.63) is 99.3 Å². The van der Waals surface area contributed by atoms with E-state index in [1.807, 2.05) is 49.4 Å². The first-order valence-electron chi connectivity index (χ1n) is 9.80. The molecule has 0 saturated heterocycles. The highest BCUT2D eigenvalue weighted by atomic mass is 35.5. The fraction of sp³-hybridized carbons (Fsp3) is 0.0833. The molecule has 0 unspecified atom stereocenters. The first kappa shape index (κ1) is 21.8. The maximum absolute atomic E-state index is 13.2. The van der Waals surface area contributed by atoms with Crippen molar-refractivity contribution < 1.29 is 4.79 Å². The molecule has 32 heavy (non-hydrogen) atoms. The first-order chi connectivity index (χ1) is 15.5. The van der Waals surface area contributed by atoms with Crippen molar-refractivity contribution in [1.82, 2.24) is 15.0 Å². The van der Waals surface area contributed by atoms with Crippen molar-refractivity contribution in [2.24, 2.45) is 5.10 Å². The molecule has 0 atom stereocenters. The monoisotopic (exact) mass is 462 g/mol. The summed E-state index contributed by atoms with van der Waals surface area (Å²) in [6.07, 6.45) is 1.52. The number of thioether (sulfide) groups is 1. The molecule has 0 radical (unpaired) electrons. The zero-order chi connectivity index (χ0) is 22.5. The Bertz CT molecular complexity index is 1370. The zero-order valence-electron chi connectivity index (χ0n) is 17.2. The van der Waals surface area contributed by atoms with E-state index >= 15 is 0 Å². The zero-order valence-corrected chi connectivity index (χ0v) is 18.7. The van der Waals surface area contributed by atoms with Crippen LogP contribution in [0.15, 0.2) is 87.8 Å². The number of aromatic nitrogens is 2. The van der Waals surface area contributed by atoms with Crippen LogP contribution >= 0.6 is 23.4 Å². The Morgan fingerprint density at radius 1 is 1.12 bits per heavy atom. The van der Waals surface area contributed by atoms with Crippen molar-refractivity contribution in [2.45, 2.75) is 12.1 Å². The maximum Gasteiger partial charge on any atom is 0.266 e. The van der Waals surface area contributed by atoms with Gasteiger partial charge in [-0.05, 0) is 48.9 Å². The number of hydrazone groups is 1. The summed E-state index contributed by atoms with van der Waals surface area (Å²) in [6.45, 7) is 1.98. The summed E-state index contributed by atoms with van der Waals surface area (Å²) in [5, 5.41) is 5.52. The molecule has 1 amide bonds.